The topological polar surface area (TPSA) is 62.2 Å². The van der Waals surface area contributed by atoms with E-state index in [1.807, 2.05) is 29.6 Å². The number of benzene rings is 1. The number of nitrogens with one attached hydrogen (secondary N) is 1. The van der Waals surface area contributed by atoms with Gasteiger partial charge in [-0.1, -0.05) is 24.3 Å². The number of aliphatic carboxylic acids is 1. The van der Waals surface area contributed by atoms with Gasteiger partial charge in [0.2, 0.25) is 0 Å². The van der Waals surface area contributed by atoms with E-state index in [2.05, 4.69) is 17.2 Å². The van der Waals surface area contributed by atoms with Crippen LogP contribution < -0.4 is 5.32 Å². The van der Waals surface area contributed by atoms with Crippen molar-refractivity contribution in [3.63, 3.8) is 0 Å². The first-order chi connectivity index (χ1) is 9.16. The highest BCUT2D eigenvalue weighted by molar-refractivity contribution is 7.09. The average Bonchev–Trinajstić information content (AvgIpc) is 2.90. The first-order valence-electron chi connectivity index (χ1n) is 6.08. The van der Waals surface area contributed by atoms with Crippen molar-refractivity contribution >= 4 is 17.3 Å². The minimum absolute atomic E-state index is 0.0590. The van der Waals surface area contributed by atoms with Crippen molar-refractivity contribution in [2.24, 2.45) is 0 Å². The summed E-state index contributed by atoms with van der Waals surface area (Å²) in [4.78, 5) is 15.1. The van der Waals surface area contributed by atoms with Gasteiger partial charge in [0.15, 0.2) is 0 Å². The Hall–Kier alpha value is -1.72. The van der Waals surface area contributed by atoms with Gasteiger partial charge in [-0.3, -0.25) is 4.79 Å². The fourth-order valence-electron chi connectivity index (χ4n) is 1.86. The molecular weight excluding hydrogens is 260 g/mol. The molecule has 1 atom stereocenters. The standard InChI is InChI=1S/C14H16N2O2S/c1-10(14-15-6-7-19-14)16-9-12-5-3-2-4-11(12)8-13(17)18/h2-7,10,16H,8-9H2,1H3,(H,17,18). The fourth-order valence-corrected chi connectivity index (χ4v) is 2.53. The molecule has 4 nitrogen and oxygen atoms in total. The molecule has 0 saturated carbocycles. The maximum Gasteiger partial charge on any atom is 0.307 e. The zero-order valence-corrected chi connectivity index (χ0v) is 11.5. The fraction of sp³-hybridized carbons (Fsp3) is 0.286. The van der Waals surface area contributed by atoms with E-state index in [1.165, 1.54) is 0 Å². The lowest BCUT2D eigenvalue weighted by Gasteiger charge is -2.13. The lowest BCUT2D eigenvalue weighted by Crippen LogP contribution is -2.19. The number of nitrogens with zero attached hydrogens (tertiary/aromatic N) is 1. The van der Waals surface area contributed by atoms with Crippen molar-refractivity contribution < 1.29 is 9.90 Å². The summed E-state index contributed by atoms with van der Waals surface area (Å²) >= 11 is 1.61. The molecule has 1 unspecified atom stereocenters. The normalized spacial score (nSPS) is 12.3. The van der Waals surface area contributed by atoms with Gasteiger partial charge in [0, 0.05) is 18.1 Å². The van der Waals surface area contributed by atoms with E-state index in [1.54, 1.807) is 17.5 Å². The second-order valence-corrected chi connectivity index (χ2v) is 5.24. The Morgan fingerprint density at radius 3 is 2.79 bits per heavy atom. The van der Waals surface area contributed by atoms with Crippen molar-refractivity contribution in [2.45, 2.75) is 25.9 Å². The van der Waals surface area contributed by atoms with Gasteiger partial charge in [0.25, 0.3) is 0 Å². The van der Waals surface area contributed by atoms with Crippen LogP contribution in [0.5, 0.6) is 0 Å². The third kappa shape index (κ3) is 3.87. The van der Waals surface area contributed by atoms with E-state index in [-0.39, 0.29) is 12.5 Å². The van der Waals surface area contributed by atoms with Gasteiger partial charge >= 0.3 is 5.97 Å². The second-order valence-electron chi connectivity index (χ2n) is 4.31. The Bertz CT molecular complexity index is 540. The maximum atomic E-state index is 10.8. The zero-order valence-electron chi connectivity index (χ0n) is 10.7. The predicted octanol–water partition coefficient (Wildman–Crippen LogP) is 2.62. The third-order valence-corrected chi connectivity index (χ3v) is 3.84. The van der Waals surface area contributed by atoms with Crippen molar-refractivity contribution in [1.82, 2.24) is 10.3 Å². The third-order valence-electron chi connectivity index (χ3n) is 2.88. The SMILES string of the molecule is CC(NCc1ccccc1CC(=O)O)c1nccs1. The molecule has 2 N–H and O–H groups in total. The molecule has 1 heterocycles. The molecule has 2 aromatic rings. The molecule has 0 fully saturated rings. The number of carboxylic acids is 1. The van der Waals surface area contributed by atoms with Crippen LogP contribution in [0, 0.1) is 0 Å². The first kappa shape index (κ1) is 13.7. The molecule has 0 radical (unpaired) electrons. The molecule has 1 aromatic heterocycles. The molecule has 0 aliphatic rings. The number of hydrogen-bond acceptors (Lipinski definition) is 4. The van der Waals surface area contributed by atoms with E-state index in [4.69, 9.17) is 5.11 Å². The molecule has 2 rings (SSSR count). The summed E-state index contributed by atoms with van der Waals surface area (Å²) in [6.07, 6.45) is 1.85. The Morgan fingerprint density at radius 1 is 1.42 bits per heavy atom. The van der Waals surface area contributed by atoms with Gasteiger partial charge in [-0.25, -0.2) is 4.98 Å². The molecule has 5 heteroatoms. The molecular formula is C14H16N2O2S. The van der Waals surface area contributed by atoms with E-state index >= 15 is 0 Å². The predicted molar refractivity (Wildman–Crippen MR) is 75.2 cm³/mol. The Morgan fingerprint density at radius 2 is 2.16 bits per heavy atom. The van der Waals surface area contributed by atoms with E-state index < -0.39 is 5.97 Å². The number of carbonyl (C=O) groups is 1. The van der Waals surface area contributed by atoms with Crippen molar-refractivity contribution in [3.8, 4) is 0 Å². The summed E-state index contributed by atoms with van der Waals surface area (Å²) < 4.78 is 0. The number of carboxylic acid groups (broad SMARTS) is 1. The maximum absolute atomic E-state index is 10.8. The lowest BCUT2D eigenvalue weighted by molar-refractivity contribution is -0.136. The van der Waals surface area contributed by atoms with Crippen LogP contribution in [0.25, 0.3) is 0 Å². The highest BCUT2D eigenvalue weighted by atomic mass is 32.1. The number of thiazole rings is 1. The number of aromatic nitrogens is 1. The molecule has 100 valence electrons. The summed E-state index contributed by atoms with van der Waals surface area (Å²) in [7, 11) is 0. The van der Waals surface area contributed by atoms with Gasteiger partial charge in [-0.05, 0) is 18.1 Å². The van der Waals surface area contributed by atoms with Crippen LogP contribution in [0.1, 0.15) is 29.1 Å². The van der Waals surface area contributed by atoms with Crippen LogP contribution >= 0.6 is 11.3 Å². The van der Waals surface area contributed by atoms with E-state index in [0.717, 1.165) is 16.1 Å². The quantitative estimate of drug-likeness (QED) is 0.851. The Balaban J connectivity index is 2.01. The van der Waals surface area contributed by atoms with Crippen LogP contribution in [0.2, 0.25) is 0 Å². The highest BCUT2D eigenvalue weighted by Gasteiger charge is 2.10. The number of hydrogen-bond donors (Lipinski definition) is 2. The molecule has 0 aliphatic heterocycles. The molecule has 19 heavy (non-hydrogen) atoms. The minimum Gasteiger partial charge on any atom is -0.481 e. The smallest absolute Gasteiger partial charge is 0.307 e. The van der Waals surface area contributed by atoms with Gasteiger partial charge in [-0.2, -0.15) is 0 Å². The lowest BCUT2D eigenvalue weighted by atomic mass is 10.0. The first-order valence-corrected chi connectivity index (χ1v) is 6.96. The monoisotopic (exact) mass is 276 g/mol. The van der Waals surface area contributed by atoms with Crippen molar-refractivity contribution in [1.29, 1.82) is 0 Å². The summed E-state index contributed by atoms with van der Waals surface area (Å²) in [6.45, 7) is 2.70. The summed E-state index contributed by atoms with van der Waals surface area (Å²) in [5.74, 6) is -0.805. The second kappa shape index (κ2) is 6.45. The largest absolute Gasteiger partial charge is 0.481 e. The molecule has 1 aromatic carbocycles. The molecule has 0 saturated heterocycles. The van der Waals surface area contributed by atoms with Gasteiger partial charge < -0.3 is 10.4 Å². The van der Waals surface area contributed by atoms with Gasteiger partial charge in [0.05, 0.1) is 12.5 Å². The van der Waals surface area contributed by atoms with Crippen molar-refractivity contribution in [2.75, 3.05) is 0 Å². The van der Waals surface area contributed by atoms with Crippen LogP contribution in [0.4, 0.5) is 0 Å². The molecule has 0 amide bonds. The summed E-state index contributed by atoms with van der Waals surface area (Å²) in [5, 5.41) is 15.2. The van der Waals surface area contributed by atoms with Crippen LogP contribution in [-0.2, 0) is 17.8 Å². The van der Waals surface area contributed by atoms with E-state index in [9.17, 15) is 4.79 Å². The van der Waals surface area contributed by atoms with Crippen LogP contribution in [-0.4, -0.2) is 16.1 Å². The number of rotatable bonds is 6. The van der Waals surface area contributed by atoms with Crippen molar-refractivity contribution in [3.05, 3.63) is 52.0 Å². The zero-order chi connectivity index (χ0) is 13.7. The molecule has 0 spiro atoms. The Labute approximate surface area is 116 Å². The van der Waals surface area contributed by atoms with Gasteiger partial charge in [-0.15, -0.1) is 11.3 Å². The summed E-state index contributed by atoms with van der Waals surface area (Å²) in [5.41, 5.74) is 1.88. The van der Waals surface area contributed by atoms with E-state index in [0.29, 0.717) is 6.54 Å². The van der Waals surface area contributed by atoms with Gasteiger partial charge in [0.1, 0.15) is 5.01 Å². The highest BCUT2D eigenvalue weighted by Crippen LogP contribution is 2.16. The average molecular weight is 276 g/mol. The Kier molecular flexibility index (Phi) is 4.65. The molecule has 0 aliphatic carbocycles. The minimum atomic E-state index is -0.805. The van der Waals surface area contributed by atoms with Crippen LogP contribution in [0.3, 0.4) is 0 Å². The van der Waals surface area contributed by atoms with Crippen LogP contribution in [0.15, 0.2) is 35.8 Å². The summed E-state index contributed by atoms with van der Waals surface area (Å²) in [6, 6.07) is 7.78. The molecule has 0 bridgehead atoms.